The highest BCUT2D eigenvalue weighted by molar-refractivity contribution is 9.09. The zero-order chi connectivity index (χ0) is 11.4. The summed E-state index contributed by atoms with van der Waals surface area (Å²) in [6.07, 6.45) is 2.85. The van der Waals surface area contributed by atoms with Gasteiger partial charge in [-0.15, -0.1) is 0 Å². The normalized spacial score (nSPS) is 23.2. The zero-order valence-electron chi connectivity index (χ0n) is 8.48. The second-order valence-corrected chi connectivity index (χ2v) is 5.76. The van der Waals surface area contributed by atoms with Crippen LogP contribution in [0.5, 0.6) is 0 Å². The van der Waals surface area contributed by atoms with E-state index < -0.39 is 12.0 Å². The molecule has 0 radical (unpaired) electrons. The number of hydrogen-bond acceptors (Lipinski definition) is 3. The van der Waals surface area contributed by atoms with Gasteiger partial charge in [-0.25, -0.2) is 4.79 Å². The summed E-state index contributed by atoms with van der Waals surface area (Å²) in [7, 11) is 0. The molecule has 15 heavy (non-hydrogen) atoms. The van der Waals surface area contributed by atoms with Gasteiger partial charge in [0.2, 0.25) is 5.91 Å². The Hall–Kier alpha value is -0.230. The maximum atomic E-state index is 11.5. The van der Waals surface area contributed by atoms with Gasteiger partial charge in [-0.05, 0) is 18.4 Å². The summed E-state index contributed by atoms with van der Waals surface area (Å²) in [6, 6.07) is -0.660. The lowest BCUT2D eigenvalue weighted by molar-refractivity contribution is -0.148. The molecule has 6 heteroatoms. The molecule has 1 fully saturated rings. The largest absolute Gasteiger partial charge is 0.480 e. The Morgan fingerprint density at radius 3 is 2.87 bits per heavy atom. The SMILES string of the molecule is CSCCC(C(=O)O)N1CC(Br)CC1=O. The molecule has 0 aromatic rings. The Labute approximate surface area is 102 Å². The predicted molar refractivity (Wildman–Crippen MR) is 63.5 cm³/mol. The Morgan fingerprint density at radius 1 is 1.80 bits per heavy atom. The predicted octanol–water partition coefficient (Wildman–Crippen LogP) is 1.19. The van der Waals surface area contributed by atoms with Gasteiger partial charge in [0.15, 0.2) is 0 Å². The van der Waals surface area contributed by atoms with Crippen LogP contribution < -0.4 is 0 Å². The fourth-order valence-electron chi connectivity index (χ4n) is 1.63. The minimum atomic E-state index is -0.904. The van der Waals surface area contributed by atoms with Crippen LogP contribution in [-0.4, -0.2) is 51.3 Å². The van der Waals surface area contributed by atoms with Crippen LogP contribution in [0.3, 0.4) is 0 Å². The lowest BCUT2D eigenvalue weighted by atomic mass is 10.2. The molecule has 2 atom stereocenters. The monoisotopic (exact) mass is 295 g/mol. The minimum absolute atomic E-state index is 0.0645. The summed E-state index contributed by atoms with van der Waals surface area (Å²) in [4.78, 5) is 24.1. The third-order valence-corrected chi connectivity index (χ3v) is 3.63. The summed E-state index contributed by atoms with van der Waals surface area (Å²) < 4.78 is 0. The number of carbonyl (C=O) groups is 2. The molecular weight excluding hydrogens is 282 g/mol. The van der Waals surface area contributed by atoms with Crippen LogP contribution in [0.4, 0.5) is 0 Å². The number of carboxylic acids is 1. The topological polar surface area (TPSA) is 57.6 Å². The Balaban J connectivity index is 2.63. The molecule has 1 heterocycles. The number of carboxylic acid groups (broad SMARTS) is 1. The molecule has 86 valence electrons. The van der Waals surface area contributed by atoms with E-state index in [9.17, 15) is 9.59 Å². The molecule has 1 N–H and O–H groups in total. The van der Waals surface area contributed by atoms with E-state index in [0.29, 0.717) is 19.4 Å². The fraction of sp³-hybridized carbons (Fsp3) is 0.778. The van der Waals surface area contributed by atoms with E-state index in [1.54, 1.807) is 11.8 Å². The van der Waals surface area contributed by atoms with E-state index in [0.717, 1.165) is 5.75 Å². The van der Waals surface area contributed by atoms with Gasteiger partial charge in [-0.1, -0.05) is 15.9 Å². The maximum absolute atomic E-state index is 11.5. The maximum Gasteiger partial charge on any atom is 0.326 e. The number of carbonyl (C=O) groups excluding carboxylic acids is 1. The molecule has 4 nitrogen and oxygen atoms in total. The van der Waals surface area contributed by atoms with Gasteiger partial charge in [0.05, 0.1) is 0 Å². The van der Waals surface area contributed by atoms with Crippen LogP contribution in [0.1, 0.15) is 12.8 Å². The van der Waals surface area contributed by atoms with Crippen molar-refractivity contribution < 1.29 is 14.7 Å². The lowest BCUT2D eigenvalue weighted by Gasteiger charge is -2.23. The standard InChI is InChI=1S/C9H14BrNO3S/c1-15-3-2-7(9(13)14)11-5-6(10)4-8(11)12/h6-7H,2-5H2,1H3,(H,13,14). The van der Waals surface area contributed by atoms with Crippen molar-refractivity contribution in [1.82, 2.24) is 4.90 Å². The number of halogens is 1. The molecule has 0 spiro atoms. The van der Waals surface area contributed by atoms with Crippen molar-refractivity contribution >= 4 is 39.6 Å². The highest BCUT2D eigenvalue weighted by atomic mass is 79.9. The molecule has 1 saturated heterocycles. The Kier molecular flexibility index (Phi) is 4.92. The Bertz CT molecular complexity index is 262. The first-order valence-corrected chi connectivity index (χ1v) is 7.02. The van der Waals surface area contributed by atoms with Crippen LogP contribution in [0.2, 0.25) is 0 Å². The third-order valence-electron chi connectivity index (χ3n) is 2.37. The second kappa shape index (κ2) is 5.75. The number of aliphatic carboxylic acids is 1. The van der Waals surface area contributed by atoms with Crippen molar-refractivity contribution in [3.05, 3.63) is 0 Å². The summed E-state index contributed by atoms with van der Waals surface area (Å²) in [5.74, 6) is -0.211. The molecule has 1 rings (SSSR count). The van der Waals surface area contributed by atoms with Crippen molar-refractivity contribution in [2.24, 2.45) is 0 Å². The molecule has 1 amide bonds. The Morgan fingerprint density at radius 2 is 2.47 bits per heavy atom. The van der Waals surface area contributed by atoms with Gasteiger partial charge < -0.3 is 10.0 Å². The van der Waals surface area contributed by atoms with E-state index in [4.69, 9.17) is 5.11 Å². The molecule has 2 unspecified atom stereocenters. The zero-order valence-corrected chi connectivity index (χ0v) is 10.9. The summed E-state index contributed by atoms with van der Waals surface area (Å²) in [5.41, 5.74) is 0. The third kappa shape index (κ3) is 3.38. The van der Waals surface area contributed by atoms with Crippen molar-refractivity contribution in [2.45, 2.75) is 23.7 Å². The van der Waals surface area contributed by atoms with Gasteiger partial charge in [0.1, 0.15) is 6.04 Å². The first-order valence-electron chi connectivity index (χ1n) is 4.71. The average molecular weight is 296 g/mol. The van der Waals surface area contributed by atoms with Gasteiger partial charge in [0.25, 0.3) is 0 Å². The first kappa shape index (κ1) is 12.8. The number of amides is 1. The number of hydrogen-bond donors (Lipinski definition) is 1. The molecular formula is C9H14BrNO3S. The number of rotatable bonds is 5. The highest BCUT2D eigenvalue weighted by Crippen LogP contribution is 2.22. The molecule has 0 aliphatic carbocycles. The molecule has 0 aromatic carbocycles. The minimum Gasteiger partial charge on any atom is -0.480 e. The number of alkyl halides is 1. The van der Waals surface area contributed by atoms with E-state index in [2.05, 4.69) is 15.9 Å². The number of nitrogens with zero attached hydrogens (tertiary/aromatic N) is 1. The van der Waals surface area contributed by atoms with Crippen LogP contribution >= 0.6 is 27.7 Å². The van der Waals surface area contributed by atoms with Crippen molar-refractivity contribution in [3.8, 4) is 0 Å². The summed E-state index contributed by atoms with van der Waals surface area (Å²) in [6.45, 7) is 0.504. The van der Waals surface area contributed by atoms with Gasteiger partial charge >= 0.3 is 5.97 Å². The van der Waals surface area contributed by atoms with Gasteiger partial charge in [-0.2, -0.15) is 11.8 Å². The fourth-order valence-corrected chi connectivity index (χ4v) is 2.68. The molecule has 0 bridgehead atoms. The van der Waals surface area contributed by atoms with Gasteiger partial charge in [0, 0.05) is 17.8 Å². The van der Waals surface area contributed by atoms with Crippen LogP contribution in [0, 0.1) is 0 Å². The quantitative estimate of drug-likeness (QED) is 0.774. The highest BCUT2D eigenvalue weighted by Gasteiger charge is 2.36. The molecule has 1 aliphatic rings. The van der Waals surface area contributed by atoms with Crippen LogP contribution in [0.15, 0.2) is 0 Å². The van der Waals surface area contributed by atoms with Crippen LogP contribution in [0.25, 0.3) is 0 Å². The van der Waals surface area contributed by atoms with E-state index in [1.807, 2.05) is 6.26 Å². The van der Waals surface area contributed by atoms with Gasteiger partial charge in [-0.3, -0.25) is 4.79 Å². The van der Waals surface area contributed by atoms with Crippen molar-refractivity contribution in [2.75, 3.05) is 18.6 Å². The second-order valence-electron chi connectivity index (χ2n) is 3.48. The molecule has 0 aromatic heterocycles. The van der Waals surface area contributed by atoms with E-state index >= 15 is 0 Å². The average Bonchev–Trinajstić information content (AvgIpc) is 2.46. The first-order chi connectivity index (χ1) is 7.06. The lowest BCUT2D eigenvalue weighted by Crippen LogP contribution is -2.42. The van der Waals surface area contributed by atoms with Crippen molar-refractivity contribution in [1.29, 1.82) is 0 Å². The summed E-state index contributed by atoms with van der Waals surface area (Å²) in [5, 5.41) is 9.05. The molecule has 1 aliphatic heterocycles. The van der Waals surface area contributed by atoms with E-state index in [-0.39, 0.29) is 10.7 Å². The number of thioether (sulfide) groups is 1. The van der Waals surface area contributed by atoms with E-state index in [1.165, 1.54) is 4.90 Å². The van der Waals surface area contributed by atoms with Crippen molar-refractivity contribution in [3.63, 3.8) is 0 Å². The molecule has 0 saturated carbocycles. The number of likely N-dealkylation sites (tertiary alicyclic amines) is 1. The summed E-state index contributed by atoms with van der Waals surface area (Å²) >= 11 is 4.94. The van der Waals surface area contributed by atoms with Crippen LogP contribution in [-0.2, 0) is 9.59 Å². The smallest absolute Gasteiger partial charge is 0.326 e.